The molecule has 1 aromatic heterocycles. The Bertz CT molecular complexity index is 6310. The van der Waals surface area contributed by atoms with E-state index in [1.54, 1.807) is 93.6 Å². The summed E-state index contributed by atoms with van der Waals surface area (Å²) in [6, 6.07) is 47.6. The average molecular weight is 1920 g/mol. The van der Waals surface area contributed by atoms with Crippen molar-refractivity contribution >= 4 is 103 Å². The van der Waals surface area contributed by atoms with Crippen molar-refractivity contribution in [2.24, 2.45) is 5.92 Å². The first-order chi connectivity index (χ1) is 61.0. The van der Waals surface area contributed by atoms with Crippen LogP contribution in [0.15, 0.2) is 188 Å². The minimum absolute atomic E-state index is 0.0227. The van der Waals surface area contributed by atoms with Gasteiger partial charge >= 0.3 is 6.03 Å². The number of carbonyl (C=O) groups excluding carboxylic acids is 3. The fourth-order valence-corrected chi connectivity index (χ4v) is 22.0. The van der Waals surface area contributed by atoms with E-state index in [0.29, 0.717) is 134 Å². The maximum absolute atomic E-state index is 13.3. The van der Waals surface area contributed by atoms with Gasteiger partial charge in [0.25, 0.3) is 0 Å². The van der Waals surface area contributed by atoms with Crippen LogP contribution in [0.5, 0.6) is 46.0 Å². The molecule has 13 rings (SSSR count). The minimum Gasteiger partial charge on any atom is -0.467 e. The summed E-state index contributed by atoms with van der Waals surface area (Å²) in [5.41, 5.74) is 5.33. The highest BCUT2D eigenvalue weighted by Crippen LogP contribution is 2.38. The van der Waals surface area contributed by atoms with Crippen LogP contribution in [0, 0.1) is 85.9 Å². The highest BCUT2D eigenvalue weighted by molar-refractivity contribution is 7.90. The number of rotatable bonds is 24. The lowest BCUT2D eigenvalue weighted by atomic mass is 10.0. The third-order valence-electron chi connectivity index (χ3n) is 20.8. The Labute approximate surface area is 768 Å². The van der Waals surface area contributed by atoms with Crippen LogP contribution < -0.4 is 43.2 Å². The number of nitrogens with one attached hydrogen (secondary N) is 5. The summed E-state index contributed by atoms with van der Waals surface area (Å²) in [5.74, 6) is 2.69. The molecule has 129 heavy (non-hydrogen) atoms. The number of carbonyl (C=O) groups is 3. The molecule has 5 N–H and O–H groups in total. The standard InChI is InChI=1S/C25H25ClN4O5S.C23H26ClN3O4S.C21H22ClN3O4S.C21H25N3O5S2/c1-17-11-19(26)14-22(12-17)35-23-5-4-18(15-27)13-24(23)36(32,33)29-20-6-8-30(9-7-20)25(31)28-16-21-3-2-10-34-21;1-15(2)23(28)27-8-6-19(7-9-27)26-32(29,30)22-12-17(14-25)4-5-21(22)31-20-11-16(3)10-18(24)13-20;1-14-9-17(22)12-19(10-14)29-20-4-3-16(13-23)11-21(20)30(27,28)24-18-5-7-25(8-6-18)15(2)26;1-15-10-16(2)12-19(11-15)29-20-5-4-17(14-22)13-21(20)31(27,28)23-18-6-8-24(9-7-18)30(3,25)26/h2-5,10-14,20,29H,6-9,16H2,1H3,(H,28,31);4-5,10-13,15,19,26H,6-9H2,1-3H3;3-4,9-12,18,24H,5-8H2,1-2H3;4-5,10-13,18,23H,6-9H2,1-3H3. The van der Waals surface area contributed by atoms with Gasteiger partial charge in [0.1, 0.15) is 71.3 Å². The summed E-state index contributed by atoms with van der Waals surface area (Å²) in [6.45, 7) is 18.1. The number of amides is 4. The van der Waals surface area contributed by atoms with Crippen molar-refractivity contribution in [1.29, 1.82) is 21.0 Å². The van der Waals surface area contributed by atoms with E-state index in [9.17, 15) is 77.5 Å². The van der Waals surface area contributed by atoms with Crippen molar-refractivity contribution in [2.45, 2.75) is 157 Å². The Hall–Kier alpha value is -11.2. The Balaban J connectivity index is 0.000000179. The first-order valence-corrected chi connectivity index (χ1v) is 49.8. The largest absolute Gasteiger partial charge is 0.467 e. The number of nitriles is 4. The molecule has 9 aromatic rings. The quantitative estimate of drug-likeness (QED) is 0.0375. The van der Waals surface area contributed by atoms with Crippen molar-refractivity contribution in [1.82, 2.24) is 43.2 Å². The van der Waals surface area contributed by atoms with E-state index in [1.165, 1.54) is 90.3 Å². The molecular weight excluding hydrogens is 1820 g/mol. The van der Waals surface area contributed by atoms with Gasteiger partial charge in [-0.1, -0.05) is 54.7 Å². The van der Waals surface area contributed by atoms with Crippen LogP contribution >= 0.6 is 34.8 Å². The lowest BCUT2D eigenvalue weighted by molar-refractivity contribution is -0.135. The highest BCUT2D eigenvalue weighted by atomic mass is 35.5. The van der Waals surface area contributed by atoms with Crippen molar-refractivity contribution < 1.29 is 79.8 Å². The molecule has 31 nitrogen and oxygen atoms in total. The molecule has 8 aromatic carbocycles. The molecule has 0 aliphatic carbocycles. The third kappa shape index (κ3) is 28.9. The van der Waals surface area contributed by atoms with Crippen molar-refractivity contribution in [2.75, 3.05) is 58.6 Å². The SMILES string of the molecule is CC(=O)N1CCC(NS(=O)(=O)c2cc(C#N)ccc2Oc2cc(C)cc(Cl)c2)CC1.Cc1cc(C)cc(Oc2ccc(C#N)cc2S(=O)(=O)NC2CCN(S(C)(=O)=O)CC2)c1.Cc1cc(Cl)cc(Oc2ccc(C#N)cc2S(=O)(=O)NC2CCN(C(=O)C(C)C)CC2)c1.Cc1cc(Cl)cc(Oc2ccc(C#N)cc2S(=O)(=O)NC2CCN(C(=O)NCc3ccco3)CC2)c1. The zero-order valence-corrected chi connectivity index (χ0v) is 78.4. The van der Waals surface area contributed by atoms with E-state index in [0.717, 1.165) is 34.1 Å². The Morgan fingerprint density at radius 3 is 0.969 bits per heavy atom. The number of urea groups is 1. The molecule has 4 fully saturated rings. The van der Waals surface area contributed by atoms with Crippen LogP contribution in [0.1, 0.15) is 128 Å². The molecule has 39 heteroatoms. The van der Waals surface area contributed by atoms with Gasteiger partial charge in [0.2, 0.25) is 61.9 Å². The number of hydrogen-bond acceptors (Lipinski definition) is 22. The number of hydrogen-bond donors (Lipinski definition) is 5. The lowest BCUT2D eigenvalue weighted by Gasteiger charge is -2.33. The average Bonchev–Trinajstić information content (AvgIpc) is 1.15. The molecule has 4 aliphatic rings. The van der Waals surface area contributed by atoms with Gasteiger partial charge in [0.05, 0.1) is 65.6 Å². The van der Waals surface area contributed by atoms with Crippen LogP contribution in [-0.2, 0) is 66.3 Å². The summed E-state index contributed by atoms with van der Waals surface area (Å²) < 4.78 is 170. The monoisotopic (exact) mass is 1910 g/mol. The van der Waals surface area contributed by atoms with Gasteiger partial charge in [-0.05, 0) is 265 Å². The number of likely N-dealkylation sites (tertiary alicyclic amines) is 3. The van der Waals surface area contributed by atoms with Gasteiger partial charge in [-0.15, -0.1) is 0 Å². The molecular formula is C90H98Cl3N13O18S5. The Morgan fingerprint density at radius 1 is 0.411 bits per heavy atom. The van der Waals surface area contributed by atoms with Gasteiger partial charge < -0.3 is 43.4 Å². The smallest absolute Gasteiger partial charge is 0.317 e. The van der Waals surface area contributed by atoms with Crippen molar-refractivity contribution in [3.8, 4) is 70.3 Å². The predicted molar refractivity (Wildman–Crippen MR) is 485 cm³/mol. The zero-order chi connectivity index (χ0) is 93.9. The molecule has 5 heterocycles. The maximum Gasteiger partial charge on any atom is 0.317 e. The molecule has 0 spiro atoms. The molecule has 0 saturated carbocycles. The van der Waals surface area contributed by atoms with Crippen LogP contribution in [0.25, 0.3) is 0 Å². The maximum atomic E-state index is 13.3. The zero-order valence-electron chi connectivity index (χ0n) is 72.1. The van der Waals surface area contributed by atoms with E-state index in [1.807, 2.05) is 78.8 Å². The van der Waals surface area contributed by atoms with Crippen LogP contribution in [0.4, 0.5) is 4.79 Å². The van der Waals surface area contributed by atoms with Gasteiger partial charge in [-0.3, -0.25) is 9.59 Å². The van der Waals surface area contributed by atoms with Gasteiger partial charge in [0.15, 0.2) is 0 Å². The fraction of sp³-hybridized carbons (Fsp3) is 0.344. The number of aryl methyl sites for hydroxylation is 5. The van der Waals surface area contributed by atoms with Crippen molar-refractivity contribution in [3.05, 3.63) is 235 Å². The second-order valence-electron chi connectivity index (χ2n) is 31.7. The number of nitrogens with zero attached hydrogens (tertiary/aromatic N) is 8. The minimum atomic E-state index is -4.03. The first kappa shape index (κ1) is 100.0. The van der Waals surface area contributed by atoms with Crippen LogP contribution in [0.2, 0.25) is 15.1 Å². The van der Waals surface area contributed by atoms with Crippen molar-refractivity contribution in [3.63, 3.8) is 0 Å². The number of sulfonamides is 5. The lowest BCUT2D eigenvalue weighted by Crippen LogP contribution is -2.49. The van der Waals surface area contributed by atoms with E-state index in [4.69, 9.17) is 58.2 Å². The van der Waals surface area contributed by atoms with Crippen LogP contribution in [0.3, 0.4) is 0 Å². The fourth-order valence-electron chi connectivity index (χ4n) is 14.5. The topological polar surface area (TPSA) is 440 Å². The molecule has 0 atom stereocenters. The molecule has 0 unspecified atom stereocenters. The number of furan rings is 1. The molecule has 0 radical (unpaired) electrons. The molecule has 4 aliphatic heterocycles. The summed E-state index contributed by atoms with van der Waals surface area (Å²) in [6.07, 6.45) is 6.33. The number of benzene rings is 8. The van der Waals surface area contributed by atoms with E-state index in [-0.39, 0.29) is 126 Å². The molecule has 682 valence electrons. The normalized spacial score (nSPS) is 15.0. The number of ether oxygens (including phenoxy) is 4. The summed E-state index contributed by atoms with van der Waals surface area (Å²) in [4.78, 5) is 40.7. The second kappa shape index (κ2) is 44.4. The van der Waals surface area contributed by atoms with Crippen LogP contribution in [-0.4, -0.2) is 162 Å². The summed E-state index contributed by atoms with van der Waals surface area (Å²) in [7, 11) is -19.3. The summed E-state index contributed by atoms with van der Waals surface area (Å²) in [5, 5.41) is 41.2. The summed E-state index contributed by atoms with van der Waals surface area (Å²) >= 11 is 18.3. The van der Waals surface area contributed by atoms with Gasteiger partial charge in [0, 0.05) is 104 Å². The van der Waals surface area contributed by atoms with Gasteiger partial charge in [-0.25, -0.2) is 70.1 Å². The van der Waals surface area contributed by atoms with E-state index < -0.39 is 56.2 Å². The van der Waals surface area contributed by atoms with Gasteiger partial charge in [-0.2, -0.15) is 21.0 Å². The molecule has 4 amide bonds. The third-order valence-corrected chi connectivity index (χ3v) is 29.0. The number of halogens is 3. The van der Waals surface area contributed by atoms with E-state index in [2.05, 4.69) is 24.2 Å². The highest BCUT2D eigenvalue weighted by Gasteiger charge is 2.35. The van der Waals surface area contributed by atoms with E-state index >= 15 is 0 Å². The first-order valence-electron chi connectivity index (χ1n) is 40.9. The predicted octanol–water partition coefficient (Wildman–Crippen LogP) is 15.1. The Morgan fingerprint density at radius 2 is 0.698 bits per heavy atom. The second-order valence-corrected chi connectivity index (χ2v) is 41.7. The Kier molecular flexibility index (Phi) is 34.4. The molecule has 4 saturated heterocycles. The molecule has 0 bridgehead atoms. The number of piperidine rings is 4.